The van der Waals surface area contributed by atoms with Gasteiger partial charge in [0.2, 0.25) is 0 Å². The van der Waals surface area contributed by atoms with E-state index >= 15 is 0 Å². The second kappa shape index (κ2) is 6.69. The Morgan fingerprint density at radius 1 is 1.41 bits per heavy atom. The SMILES string of the molecule is CO[C@](C)(C(=O)Nc1ccc(OCC(C)C)c(C)c1)C1CC1. The van der Waals surface area contributed by atoms with Gasteiger partial charge in [-0.25, -0.2) is 0 Å². The lowest BCUT2D eigenvalue weighted by Crippen LogP contribution is -2.44. The zero-order valence-corrected chi connectivity index (χ0v) is 14.2. The summed E-state index contributed by atoms with van der Waals surface area (Å²) in [5, 5.41) is 2.97. The molecule has 0 aromatic heterocycles. The second-order valence-corrected chi connectivity index (χ2v) is 6.72. The number of hydrogen-bond donors (Lipinski definition) is 1. The van der Waals surface area contributed by atoms with Crippen molar-refractivity contribution in [1.29, 1.82) is 0 Å². The monoisotopic (exact) mass is 305 g/mol. The van der Waals surface area contributed by atoms with E-state index in [0.29, 0.717) is 18.4 Å². The predicted molar refractivity (Wildman–Crippen MR) is 88.3 cm³/mol. The molecule has 1 fully saturated rings. The van der Waals surface area contributed by atoms with Crippen LogP contribution < -0.4 is 10.1 Å². The molecule has 1 amide bonds. The molecule has 1 atom stereocenters. The van der Waals surface area contributed by atoms with Crippen LogP contribution in [0.4, 0.5) is 5.69 Å². The van der Waals surface area contributed by atoms with Crippen LogP contribution in [0.15, 0.2) is 18.2 Å². The fourth-order valence-corrected chi connectivity index (χ4v) is 2.48. The van der Waals surface area contributed by atoms with Gasteiger partial charge in [0.25, 0.3) is 5.91 Å². The Hall–Kier alpha value is -1.55. The van der Waals surface area contributed by atoms with Crippen molar-refractivity contribution in [2.45, 2.75) is 46.1 Å². The van der Waals surface area contributed by atoms with Gasteiger partial charge >= 0.3 is 0 Å². The van der Waals surface area contributed by atoms with Gasteiger partial charge < -0.3 is 14.8 Å². The zero-order chi connectivity index (χ0) is 16.3. The summed E-state index contributed by atoms with van der Waals surface area (Å²) < 4.78 is 11.2. The number of amides is 1. The van der Waals surface area contributed by atoms with E-state index in [9.17, 15) is 4.79 Å². The van der Waals surface area contributed by atoms with Gasteiger partial charge in [-0.15, -0.1) is 0 Å². The van der Waals surface area contributed by atoms with E-state index in [1.807, 2.05) is 32.0 Å². The van der Waals surface area contributed by atoms with Crippen LogP contribution in [0.3, 0.4) is 0 Å². The summed E-state index contributed by atoms with van der Waals surface area (Å²) in [6.45, 7) is 8.78. The van der Waals surface area contributed by atoms with Gasteiger partial charge in [-0.2, -0.15) is 0 Å². The first-order valence-corrected chi connectivity index (χ1v) is 7.97. The molecule has 4 heteroatoms. The van der Waals surface area contributed by atoms with E-state index in [-0.39, 0.29) is 5.91 Å². The maximum Gasteiger partial charge on any atom is 0.256 e. The molecule has 0 radical (unpaired) electrons. The number of rotatable bonds is 7. The minimum Gasteiger partial charge on any atom is -0.493 e. The van der Waals surface area contributed by atoms with Crippen molar-refractivity contribution in [1.82, 2.24) is 0 Å². The minimum atomic E-state index is -0.735. The standard InChI is InChI=1S/C18H27NO3/c1-12(2)11-22-16-9-8-15(10-13(16)3)19-17(20)18(4,21-5)14-6-7-14/h8-10,12,14H,6-7,11H2,1-5H3,(H,19,20)/t18-/m0/s1. The first kappa shape index (κ1) is 16.8. The number of carbonyl (C=O) groups is 1. The smallest absolute Gasteiger partial charge is 0.256 e. The Morgan fingerprint density at radius 2 is 2.09 bits per heavy atom. The van der Waals surface area contributed by atoms with Crippen LogP contribution in [0.1, 0.15) is 39.2 Å². The molecule has 0 unspecified atom stereocenters. The number of ether oxygens (including phenoxy) is 2. The first-order valence-electron chi connectivity index (χ1n) is 7.97. The first-order chi connectivity index (χ1) is 10.4. The number of benzene rings is 1. The van der Waals surface area contributed by atoms with E-state index in [1.54, 1.807) is 7.11 Å². The molecule has 1 aliphatic rings. The molecular formula is C18H27NO3. The predicted octanol–water partition coefficient (Wildman–Crippen LogP) is 3.78. The van der Waals surface area contributed by atoms with Crippen LogP contribution in [-0.2, 0) is 9.53 Å². The molecule has 0 saturated heterocycles. The van der Waals surface area contributed by atoms with Crippen molar-refractivity contribution in [3.05, 3.63) is 23.8 Å². The molecule has 1 aromatic carbocycles. The van der Waals surface area contributed by atoms with Gasteiger partial charge in [0.1, 0.15) is 11.4 Å². The summed E-state index contributed by atoms with van der Waals surface area (Å²) in [7, 11) is 1.60. The molecule has 0 bridgehead atoms. The largest absolute Gasteiger partial charge is 0.493 e. The molecule has 1 N–H and O–H groups in total. The molecule has 0 aliphatic heterocycles. The Balaban J connectivity index is 2.04. The van der Waals surface area contributed by atoms with Crippen molar-refractivity contribution in [3.63, 3.8) is 0 Å². The van der Waals surface area contributed by atoms with Gasteiger partial charge in [-0.3, -0.25) is 4.79 Å². The third kappa shape index (κ3) is 3.80. The van der Waals surface area contributed by atoms with E-state index < -0.39 is 5.60 Å². The van der Waals surface area contributed by atoms with Crippen LogP contribution in [0.2, 0.25) is 0 Å². The summed E-state index contributed by atoms with van der Waals surface area (Å²) in [5.74, 6) is 1.60. The van der Waals surface area contributed by atoms with Crippen molar-refractivity contribution >= 4 is 11.6 Å². The minimum absolute atomic E-state index is 0.0762. The number of carbonyl (C=O) groups excluding carboxylic acids is 1. The van der Waals surface area contributed by atoms with E-state index in [1.165, 1.54) is 0 Å². The molecule has 2 rings (SSSR count). The Bertz CT molecular complexity index is 537. The highest BCUT2D eigenvalue weighted by Gasteiger charge is 2.47. The van der Waals surface area contributed by atoms with Gasteiger partial charge in [0.15, 0.2) is 0 Å². The van der Waals surface area contributed by atoms with Crippen LogP contribution in [0, 0.1) is 18.8 Å². The number of methoxy groups -OCH3 is 1. The maximum atomic E-state index is 12.5. The van der Waals surface area contributed by atoms with Crippen molar-refractivity contribution < 1.29 is 14.3 Å². The summed E-state index contributed by atoms with van der Waals surface area (Å²) in [4.78, 5) is 12.5. The molecule has 122 valence electrons. The Kier molecular flexibility index (Phi) is 5.12. The normalized spacial score (nSPS) is 17.2. The lowest BCUT2D eigenvalue weighted by molar-refractivity contribution is -0.138. The second-order valence-electron chi connectivity index (χ2n) is 6.72. The third-order valence-electron chi connectivity index (χ3n) is 4.24. The number of anilines is 1. The highest BCUT2D eigenvalue weighted by molar-refractivity contribution is 5.97. The molecule has 4 nitrogen and oxygen atoms in total. The third-order valence-corrected chi connectivity index (χ3v) is 4.24. The quantitative estimate of drug-likeness (QED) is 0.834. The average Bonchev–Trinajstić information content (AvgIpc) is 3.30. The highest BCUT2D eigenvalue weighted by Crippen LogP contribution is 2.42. The molecule has 0 spiro atoms. The molecule has 0 heterocycles. The van der Waals surface area contributed by atoms with Gasteiger partial charge in [-0.1, -0.05) is 13.8 Å². The fraction of sp³-hybridized carbons (Fsp3) is 0.611. The topological polar surface area (TPSA) is 47.6 Å². The zero-order valence-electron chi connectivity index (χ0n) is 14.2. The number of hydrogen-bond acceptors (Lipinski definition) is 3. The molecular weight excluding hydrogens is 278 g/mol. The summed E-state index contributed by atoms with van der Waals surface area (Å²) in [5.41, 5.74) is 1.06. The summed E-state index contributed by atoms with van der Waals surface area (Å²) in [6.07, 6.45) is 2.11. The average molecular weight is 305 g/mol. The molecule has 1 aliphatic carbocycles. The van der Waals surface area contributed by atoms with Crippen molar-refractivity contribution in [2.24, 2.45) is 11.8 Å². The summed E-state index contributed by atoms with van der Waals surface area (Å²) in [6, 6.07) is 5.73. The Morgan fingerprint density at radius 3 is 2.59 bits per heavy atom. The molecule has 1 aromatic rings. The van der Waals surface area contributed by atoms with E-state index in [0.717, 1.165) is 29.8 Å². The summed E-state index contributed by atoms with van der Waals surface area (Å²) >= 11 is 0. The van der Waals surface area contributed by atoms with Gasteiger partial charge in [-0.05, 0) is 62.3 Å². The molecule has 1 saturated carbocycles. The highest BCUT2D eigenvalue weighted by atomic mass is 16.5. The Labute approximate surface area is 133 Å². The van der Waals surface area contributed by atoms with Crippen molar-refractivity contribution in [3.8, 4) is 5.75 Å². The maximum absolute atomic E-state index is 12.5. The van der Waals surface area contributed by atoms with Gasteiger partial charge in [0, 0.05) is 12.8 Å². The van der Waals surface area contributed by atoms with Crippen molar-refractivity contribution in [2.75, 3.05) is 19.0 Å². The lowest BCUT2D eigenvalue weighted by atomic mass is 9.99. The van der Waals surface area contributed by atoms with Crippen LogP contribution in [-0.4, -0.2) is 25.2 Å². The number of nitrogens with one attached hydrogen (secondary N) is 1. The fourth-order valence-electron chi connectivity index (χ4n) is 2.48. The van der Waals surface area contributed by atoms with Crippen LogP contribution in [0.25, 0.3) is 0 Å². The lowest BCUT2D eigenvalue weighted by Gasteiger charge is -2.26. The van der Waals surface area contributed by atoms with Crippen LogP contribution >= 0.6 is 0 Å². The number of aryl methyl sites for hydroxylation is 1. The van der Waals surface area contributed by atoms with E-state index in [4.69, 9.17) is 9.47 Å². The van der Waals surface area contributed by atoms with Crippen LogP contribution in [0.5, 0.6) is 5.75 Å². The van der Waals surface area contributed by atoms with Gasteiger partial charge in [0.05, 0.1) is 6.61 Å². The van der Waals surface area contributed by atoms with E-state index in [2.05, 4.69) is 19.2 Å². The molecule has 22 heavy (non-hydrogen) atoms.